The number of hydrogen-bond donors (Lipinski definition) is 0. The van der Waals surface area contributed by atoms with Gasteiger partial charge in [0.05, 0.1) is 6.10 Å². The number of piperidine rings is 3. The van der Waals surface area contributed by atoms with Gasteiger partial charge in [-0.1, -0.05) is 60.7 Å². The van der Waals surface area contributed by atoms with Gasteiger partial charge in [0.25, 0.3) is 0 Å². The van der Waals surface area contributed by atoms with Crippen molar-refractivity contribution >= 4 is 0 Å². The second kappa shape index (κ2) is 6.23. The Bertz CT molecular complexity index is 550. The summed E-state index contributed by atoms with van der Waals surface area (Å²) in [5, 5.41) is 0. The Morgan fingerprint density at radius 2 is 1.36 bits per heavy atom. The van der Waals surface area contributed by atoms with E-state index in [9.17, 15) is 0 Å². The van der Waals surface area contributed by atoms with Crippen molar-refractivity contribution in [2.45, 2.75) is 25.0 Å². The lowest BCUT2D eigenvalue weighted by atomic mass is 9.85. The maximum Gasteiger partial charge on any atom is 0.108 e. The number of hydrogen-bond acceptors (Lipinski definition) is 2. The first-order valence-corrected chi connectivity index (χ1v) is 8.38. The molecule has 2 aromatic carbocycles. The molecule has 3 fully saturated rings. The smallest absolute Gasteiger partial charge is 0.108 e. The lowest BCUT2D eigenvalue weighted by Gasteiger charge is -2.45. The summed E-state index contributed by atoms with van der Waals surface area (Å²) in [5.41, 5.74) is 2.51. The molecule has 3 saturated heterocycles. The van der Waals surface area contributed by atoms with Crippen LogP contribution in [0.15, 0.2) is 60.7 Å². The summed E-state index contributed by atoms with van der Waals surface area (Å²) >= 11 is 0. The van der Waals surface area contributed by atoms with E-state index in [2.05, 4.69) is 65.6 Å². The van der Waals surface area contributed by atoms with Crippen molar-refractivity contribution in [1.82, 2.24) is 4.90 Å². The van der Waals surface area contributed by atoms with Crippen LogP contribution in [0.5, 0.6) is 0 Å². The molecule has 2 nitrogen and oxygen atoms in total. The van der Waals surface area contributed by atoms with Gasteiger partial charge in [-0.3, -0.25) is 0 Å². The summed E-state index contributed by atoms with van der Waals surface area (Å²) in [6, 6.07) is 21.3. The fourth-order valence-corrected chi connectivity index (χ4v) is 3.85. The number of fused-ring (bicyclic) bond motifs is 3. The van der Waals surface area contributed by atoms with E-state index in [0.29, 0.717) is 6.10 Å². The van der Waals surface area contributed by atoms with Crippen LogP contribution < -0.4 is 0 Å². The number of nitrogens with zero attached hydrogens (tertiary/aromatic N) is 1. The molecule has 22 heavy (non-hydrogen) atoms. The van der Waals surface area contributed by atoms with Gasteiger partial charge < -0.3 is 9.64 Å². The summed E-state index contributed by atoms with van der Waals surface area (Å²) in [6.07, 6.45) is 3.00. The second-order valence-electron chi connectivity index (χ2n) is 6.51. The first-order valence-electron chi connectivity index (χ1n) is 8.38. The Labute approximate surface area is 132 Å². The highest BCUT2D eigenvalue weighted by Gasteiger charge is 2.36. The molecule has 1 unspecified atom stereocenters. The van der Waals surface area contributed by atoms with Gasteiger partial charge in [-0.2, -0.15) is 0 Å². The first kappa shape index (κ1) is 14.0. The highest BCUT2D eigenvalue weighted by Crippen LogP contribution is 2.35. The van der Waals surface area contributed by atoms with Crippen molar-refractivity contribution in [3.8, 4) is 0 Å². The van der Waals surface area contributed by atoms with Crippen LogP contribution in [-0.2, 0) is 4.74 Å². The summed E-state index contributed by atoms with van der Waals surface area (Å²) in [4.78, 5) is 2.55. The van der Waals surface area contributed by atoms with Crippen LogP contribution in [-0.4, -0.2) is 30.6 Å². The van der Waals surface area contributed by atoms with Crippen LogP contribution in [0, 0.1) is 5.92 Å². The van der Waals surface area contributed by atoms with Gasteiger partial charge in [-0.15, -0.1) is 0 Å². The monoisotopic (exact) mass is 293 g/mol. The third kappa shape index (κ3) is 2.81. The Morgan fingerprint density at radius 3 is 1.82 bits per heavy atom. The molecule has 0 aromatic heterocycles. The van der Waals surface area contributed by atoms with E-state index in [1.54, 1.807) is 0 Å². The van der Waals surface area contributed by atoms with E-state index >= 15 is 0 Å². The molecule has 114 valence electrons. The third-order valence-corrected chi connectivity index (χ3v) is 5.11. The summed E-state index contributed by atoms with van der Waals surface area (Å²) in [7, 11) is 0. The van der Waals surface area contributed by atoms with Gasteiger partial charge >= 0.3 is 0 Å². The van der Waals surface area contributed by atoms with Crippen LogP contribution >= 0.6 is 0 Å². The predicted octanol–water partition coefficient (Wildman–Crippen LogP) is 3.89. The second-order valence-corrected chi connectivity index (χ2v) is 6.51. The fraction of sp³-hybridized carbons (Fsp3) is 0.400. The van der Waals surface area contributed by atoms with Crippen molar-refractivity contribution in [1.29, 1.82) is 0 Å². The Kier molecular flexibility index (Phi) is 3.96. The van der Waals surface area contributed by atoms with Crippen LogP contribution in [0.4, 0.5) is 0 Å². The van der Waals surface area contributed by atoms with Crippen molar-refractivity contribution in [2.24, 2.45) is 5.92 Å². The number of rotatable bonds is 4. The van der Waals surface area contributed by atoms with Crippen molar-refractivity contribution in [3.63, 3.8) is 0 Å². The lowest BCUT2D eigenvalue weighted by Crippen LogP contribution is -2.51. The van der Waals surface area contributed by atoms with Crippen molar-refractivity contribution in [3.05, 3.63) is 71.8 Å². The molecule has 3 heterocycles. The molecule has 3 aliphatic rings. The molecule has 0 saturated carbocycles. The topological polar surface area (TPSA) is 12.5 Å². The zero-order valence-corrected chi connectivity index (χ0v) is 12.9. The number of benzene rings is 2. The molecular weight excluding hydrogens is 270 g/mol. The van der Waals surface area contributed by atoms with Gasteiger partial charge in [-0.25, -0.2) is 0 Å². The first-order chi connectivity index (χ1) is 10.9. The van der Waals surface area contributed by atoms with Gasteiger partial charge in [0.1, 0.15) is 6.10 Å². The van der Waals surface area contributed by atoms with E-state index in [4.69, 9.17) is 4.74 Å². The minimum absolute atomic E-state index is 0.0490. The summed E-state index contributed by atoms with van der Waals surface area (Å²) in [5.74, 6) is 0.736. The normalized spacial score (nSPS) is 27.2. The van der Waals surface area contributed by atoms with Crippen LogP contribution in [0.2, 0.25) is 0 Å². The molecular formula is C20H23NO. The molecule has 1 atom stereocenters. The molecule has 2 bridgehead atoms. The van der Waals surface area contributed by atoms with Gasteiger partial charge in [0, 0.05) is 6.54 Å². The molecule has 0 spiro atoms. The highest BCUT2D eigenvalue weighted by molar-refractivity contribution is 5.30. The Balaban J connectivity index is 1.61. The molecule has 0 N–H and O–H groups in total. The van der Waals surface area contributed by atoms with E-state index in [1.165, 1.54) is 37.1 Å². The van der Waals surface area contributed by atoms with E-state index in [1.807, 2.05) is 0 Å². The highest BCUT2D eigenvalue weighted by atomic mass is 16.5. The molecule has 2 aromatic rings. The lowest BCUT2D eigenvalue weighted by molar-refractivity contribution is -0.0927. The van der Waals surface area contributed by atoms with E-state index < -0.39 is 0 Å². The zero-order valence-electron chi connectivity index (χ0n) is 12.9. The summed E-state index contributed by atoms with van der Waals surface area (Å²) in [6.45, 7) is 3.61. The van der Waals surface area contributed by atoms with Crippen LogP contribution in [0.1, 0.15) is 30.1 Å². The predicted molar refractivity (Wildman–Crippen MR) is 88.8 cm³/mol. The summed E-state index contributed by atoms with van der Waals surface area (Å²) < 4.78 is 6.66. The average Bonchev–Trinajstić information content (AvgIpc) is 2.62. The molecule has 5 rings (SSSR count). The average molecular weight is 293 g/mol. The minimum atomic E-state index is 0.0490. The Morgan fingerprint density at radius 1 is 0.818 bits per heavy atom. The standard InChI is InChI=1S/C20H23NO/c1-3-7-17(8-4-1)20(18-9-5-2-6-10-18)22-19-15-21-13-11-16(19)12-14-21/h1-10,16,19-20H,11-15H2. The van der Waals surface area contributed by atoms with Gasteiger partial charge in [-0.05, 0) is 43.0 Å². The maximum atomic E-state index is 6.66. The van der Waals surface area contributed by atoms with Crippen LogP contribution in [0.25, 0.3) is 0 Å². The van der Waals surface area contributed by atoms with E-state index in [-0.39, 0.29) is 6.10 Å². The number of ether oxygens (including phenoxy) is 1. The quantitative estimate of drug-likeness (QED) is 0.848. The molecule has 0 amide bonds. The third-order valence-electron chi connectivity index (χ3n) is 5.11. The molecule has 0 aliphatic carbocycles. The van der Waals surface area contributed by atoms with Gasteiger partial charge in [0.15, 0.2) is 0 Å². The zero-order chi connectivity index (χ0) is 14.8. The molecule has 3 aliphatic heterocycles. The SMILES string of the molecule is c1ccc(C(OC2CN3CCC2CC3)c2ccccc2)cc1. The Hall–Kier alpha value is -1.64. The van der Waals surface area contributed by atoms with Crippen LogP contribution in [0.3, 0.4) is 0 Å². The fourth-order valence-electron chi connectivity index (χ4n) is 3.85. The largest absolute Gasteiger partial charge is 0.364 e. The molecule has 2 heteroatoms. The van der Waals surface area contributed by atoms with Crippen molar-refractivity contribution in [2.75, 3.05) is 19.6 Å². The molecule has 0 radical (unpaired) electrons. The maximum absolute atomic E-state index is 6.66. The minimum Gasteiger partial charge on any atom is -0.364 e. The van der Waals surface area contributed by atoms with E-state index in [0.717, 1.165) is 12.5 Å². The van der Waals surface area contributed by atoms with Crippen molar-refractivity contribution < 1.29 is 4.74 Å². The van der Waals surface area contributed by atoms with Gasteiger partial charge in [0.2, 0.25) is 0 Å².